The van der Waals surface area contributed by atoms with Crippen LogP contribution in [0.2, 0.25) is 4.34 Å². The number of halogens is 1. The normalized spacial score (nSPS) is 21.5. The highest BCUT2D eigenvalue weighted by molar-refractivity contribution is 7.10. The summed E-state index contributed by atoms with van der Waals surface area (Å²) in [5.74, 6) is 0.558. The summed E-state index contributed by atoms with van der Waals surface area (Å²) in [6.07, 6.45) is 4.15. The molecule has 1 aromatic rings. The van der Waals surface area contributed by atoms with Gasteiger partial charge in [-0.05, 0) is 25.7 Å². The number of hydrogen-bond donors (Lipinski definition) is 1. The van der Waals surface area contributed by atoms with Crippen LogP contribution in [-0.4, -0.2) is 39.5 Å². The van der Waals surface area contributed by atoms with E-state index in [4.69, 9.17) is 11.6 Å². The maximum Gasteiger partial charge on any atom is 0.223 e. The fourth-order valence-corrected chi connectivity index (χ4v) is 3.02. The van der Waals surface area contributed by atoms with Gasteiger partial charge in [-0.1, -0.05) is 16.1 Å². The van der Waals surface area contributed by atoms with Crippen molar-refractivity contribution in [2.75, 3.05) is 13.1 Å². The van der Waals surface area contributed by atoms with Gasteiger partial charge in [0, 0.05) is 43.1 Å². The Morgan fingerprint density at radius 1 is 1.37 bits per heavy atom. The first-order chi connectivity index (χ1) is 9.22. The molecule has 1 saturated carbocycles. The van der Waals surface area contributed by atoms with Gasteiger partial charge in [0.1, 0.15) is 10.0 Å². The summed E-state index contributed by atoms with van der Waals surface area (Å²) in [7, 11) is 0. The number of rotatable bonds is 4. The minimum atomic E-state index is 0.255. The summed E-state index contributed by atoms with van der Waals surface area (Å²) in [4.78, 5) is 14.0. The molecule has 1 N–H and O–H groups in total. The average molecular weight is 301 g/mol. The van der Waals surface area contributed by atoms with Crippen molar-refractivity contribution in [1.82, 2.24) is 19.8 Å². The minimum Gasteiger partial charge on any atom is -0.353 e. The molecule has 0 atom stereocenters. The molecule has 0 bridgehead atoms. The second-order valence-electron chi connectivity index (χ2n) is 5.33. The third-order valence-electron chi connectivity index (χ3n) is 3.76. The molecule has 0 radical (unpaired) electrons. The van der Waals surface area contributed by atoms with Crippen molar-refractivity contribution in [3.8, 4) is 0 Å². The number of nitrogens with one attached hydrogen (secondary N) is 1. The lowest BCUT2D eigenvalue weighted by atomic mass is 10.0. The van der Waals surface area contributed by atoms with E-state index in [-0.39, 0.29) is 5.91 Å². The van der Waals surface area contributed by atoms with Crippen LogP contribution in [0.3, 0.4) is 0 Å². The summed E-state index contributed by atoms with van der Waals surface area (Å²) in [6, 6.07) is 0.341. The van der Waals surface area contributed by atoms with Crippen molar-refractivity contribution in [2.24, 2.45) is 5.92 Å². The van der Waals surface area contributed by atoms with E-state index in [1.807, 2.05) is 0 Å². The van der Waals surface area contributed by atoms with Crippen molar-refractivity contribution >= 4 is 29.0 Å². The molecular weight excluding hydrogens is 284 g/mol. The van der Waals surface area contributed by atoms with Gasteiger partial charge in [-0.25, -0.2) is 0 Å². The quantitative estimate of drug-likeness (QED) is 0.919. The van der Waals surface area contributed by atoms with Crippen molar-refractivity contribution in [1.29, 1.82) is 0 Å². The summed E-state index contributed by atoms with van der Waals surface area (Å²) in [6.45, 7) is 2.71. The van der Waals surface area contributed by atoms with Crippen LogP contribution in [0.5, 0.6) is 0 Å². The molecule has 0 unspecified atom stereocenters. The Morgan fingerprint density at radius 2 is 2.11 bits per heavy atom. The van der Waals surface area contributed by atoms with E-state index in [1.165, 1.54) is 11.5 Å². The average Bonchev–Trinajstić information content (AvgIpc) is 3.18. The molecule has 3 rings (SSSR count). The van der Waals surface area contributed by atoms with Crippen molar-refractivity contribution < 1.29 is 4.79 Å². The molecule has 7 heteroatoms. The highest BCUT2D eigenvalue weighted by Gasteiger charge is 2.31. The number of piperidine rings is 1. The standard InChI is InChI=1S/C12H17ClN4OS/c13-11-10(15-16-19-11)7-17-5-3-9(4-6-17)14-12(18)8-1-2-8/h8-9H,1-7H2,(H,14,18). The smallest absolute Gasteiger partial charge is 0.223 e. The fourth-order valence-electron chi connectivity index (χ4n) is 2.40. The molecule has 104 valence electrons. The summed E-state index contributed by atoms with van der Waals surface area (Å²) in [5.41, 5.74) is 0.868. The van der Waals surface area contributed by atoms with E-state index < -0.39 is 0 Å². The van der Waals surface area contributed by atoms with E-state index in [0.29, 0.717) is 16.3 Å². The molecule has 5 nitrogen and oxygen atoms in total. The molecule has 2 aliphatic rings. The fraction of sp³-hybridized carbons (Fsp3) is 0.750. The van der Waals surface area contributed by atoms with Crippen molar-refractivity contribution in [3.63, 3.8) is 0 Å². The van der Waals surface area contributed by atoms with E-state index in [0.717, 1.165) is 51.0 Å². The Labute approximate surface area is 121 Å². The molecule has 0 spiro atoms. The van der Waals surface area contributed by atoms with Gasteiger partial charge in [-0.15, -0.1) is 5.10 Å². The Balaban J connectivity index is 1.44. The number of hydrogen-bond acceptors (Lipinski definition) is 5. The molecule has 2 fully saturated rings. The first kappa shape index (κ1) is 13.3. The van der Waals surface area contributed by atoms with E-state index in [9.17, 15) is 4.79 Å². The second kappa shape index (κ2) is 5.73. The number of carbonyl (C=O) groups is 1. The Kier molecular flexibility index (Phi) is 4.00. The SMILES string of the molecule is O=C(NC1CCN(Cc2nnsc2Cl)CC1)C1CC1. The minimum absolute atomic E-state index is 0.255. The van der Waals surface area contributed by atoms with Gasteiger partial charge < -0.3 is 5.32 Å². The van der Waals surface area contributed by atoms with Crippen LogP contribution in [-0.2, 0) is 11.3 Å². The highest BCUT2D eigenvalue weighted by atomic mass is 35.5. The second-order valence-corrected chi connectivity index (χ2v) is 6.68. The summed E-state index contributed by atoms with van der Waals surface area (Å²) in [5, 5.41) is 7.19. The molecule has 1 saturated heterocycles. The van der Waals surface area contributed by atoms with Crippen LogP contribution in [0.25, 0.3) is 0 Å². The van der Waals surface area contributed by atoms with Crippen LogP contribution in [0, 0.1) is 5.92 Å². The predicted molar refractivity (Wildman–Crippen MR) is 74.1 cm³/mol. The number of carbonyl (C=O) groups excluding carboxylic acids is 1. The van der Waals surface area contributed by atoms with E-state index >= 15 is 0 Å². The lowest BCUT2D eigenvalue weighted by Crippen LogP contribution is -2.44. The largest absolute Gasteiger partial charge is 0.353 e. The lowest BCUT2D eigenvalue weighted by Gasteiger charge is -2.31. The molecule has 1 amide bonds. The maximum absolute atomic E-state index is 11.7. The van der Waals surface area contributed by atoms with E-state index in [2.05, 4.69) is 19.8 Å². The lowest BCUT2D eigenvalue weighted by molar-refractivity contribution is -0.123. The molecule has 1 aliphatic carbocycles. The topological polar surface area (TPSA) is 58.1 Å². The monoisotopic (exact) mass is 300 g/mol. The van der Waals surface area contributed by atoms with Gasteiger partial charge in [-0.2, -0.15) is 0 Å². The van der Waals surface area contributed by atoms with Crippen LogP contribution in [0.4, 0.5) is 0 Å². The first-order valence-corrected chi connectivity index (χ1v) is 7.87. The van der Waals surface area contributed by atoms with Gasteiger partial charge in [-0.3, -0.25) is 9.69 Å². The van der Waals surface area contributed by atoms with Gasteiger partial charge in [0.15, 0.2) is 0 Å². The van der Waals surface area contributed by atoms with Gasteiger partial charge >= 0.3 is 0 Å². The third-order valence-corrected chi connectivity index (χ3v) is 4.75. The molecule has 1 aromatic heterocycles. The molecule has 2 heterocycles. The highest BCUT2D eigenvalue weighted by Crippen LogP contribution is 2.29. The van der Waals surface area contributed by atoms with Crippen molar-refractivity contribution in [3.05, 3.63) is 10.0 Å². The summed E-state index contributed by atoms with van der Waals surface area (Å²) >= 11 is 7.24. The zero-order valence-electron chi connectivity index (χ0n) is 10.6. The molecular formula is C12H17ClN4OS. The first-order valence-electron chi connectivity index (χ1n) is 6.72. The molecule has 0 aromatic carbocycles. The number of likely N-dealkylation sites (tertiary alicyclic amines) is 1. The van der Waals surface area contributed by atoms with Crippen molar-refractivity contribution in [2.45, 2.75) is 38.3 Å². The Bertz CT molecular complexity index is 454. The zero-order valence-corrected chi connectivity index (χ0v) is 12.2. The van der Waals surface area contributed by atoms with Crippen LogP contribution >= 0.6 is 23.1 Å². The van der Waals surface area contributed by atoms with Crippen LogP contribution in [0.1, 0.15) is 31.4 Å². The van der Waals surface area contributed by atoms with Crippen LogP contribution < -0.4 is 5.32 Å². The van der Waals surface area contributed by atoms with Gasteiger partial charge in [0.2, 0.25) is 5.91 Å². The van der Waals surface area contributed by atoms with Gasteiger partial charge in [0.25, 0.3) is 0 Å². The van der Waals surface area contributed by atoms with E-state index in [1.54, 1.807) is 0 Å². The summed E-state index contributed by atoms with van der Waals surface area (Å²) < 4.78 is 4.53. The predicted octanol–water partition coefficient (Wildman–Crippen LogP) is 1.68. The van der Waals surface area contributed by atoms with Crippen LogP contribution in [0.15, 0.2) is 0 Å². The number of amides is 1. The molecule has 1 aliphatic heterocycles. The number of aromatic nitrogens is 2. The molecule has 19 heavy (non-hydrogen) atoms. The Hall–Kier alpha value is -0.720. The number of nitrogens with zero attached hydrogens (tertiary/aromatic N) is 3. The Morgan fingerprint density at radius 3 is 2.68 bits per heavy atom. The zero-order chi connectivity index (χ0) is 13.2. The van der Waals surface area contributed by atoms with Gasteiger partial charge in [0.05, 0.1) is 0 Å². The maximum atomic E-state index is 11.7. The third kappa shape index (κ3) is 3.43.